The van der Waals surface area contributed by atoms with E-state index in [1.54, 1.807) is 6.26 Å². The maximum absolute atomic E-state index is 13.6. The molecule has 1 aromatic rings. The Balaban J connectivity index is 2.49. The number of rotatable bonds is 3. The van der Waals surface area contributed by atoms with Crippen molar-refractivity contribution >= 4 is 35.4 Å². The van der Waals surface area contributed by atoms with Crippen molar-refractivity contribution in [1.29, 1.82) is 0 Å². The molecule has 1 aliphatic rings. The number of carboxylic acids is 1. The van der Waals surface area contributed by atoms with E-state index in [1.807, 2.05) is 0 Å². The first-order valence-corrected chi connectivity index (χ1v) is 6.88. The number of imide groups is 1. The Morgan fingerprint density at radius 3 is 2.70 bits per heavy atom. The van der Waals surface area contributed by atoms with Gasteiger partial charge in [0.25, 0.3) is 0 Å². The van der Waals surface area contributed by atoms with Crippen molar-refractivity contribution in [3.8, 4) is 0 Å². The molecule has 0 aliphatic carbocycles. The standard InChI is InChI=1S/C12H11FN2O4S/c1-20-9-5-7(13)6(11(17)18)4-8(9)15-3-2-10(16)14-12(15)19/h4-5H,2-3H2,1H3,(H,17,18)(H,14,16,19). The van der Waals surface area contributed by atoms with Crippen molar-refractivity contribution in [1.82, 2.24) is 5.32 Å². The zero-order chi connectivity index (χ0) is 14.9. The lowest BCUT2D eigenvalue weighted by Gasteiger charge is -2.28. The topological polar surface area (TPSA) is 86.7 Å². The highest BCUT2D eigenvalue weighted by atomic mass is 32.2. The van der Waals surface area contributed by atoms with E-state index in [2.05, 4.69) is 5.32 Å². The average molecular weight is 298 g/mol. The van der Waals surface area contributed by atoms with Gasteiger partial charge in [-0.15, -0.1) is 11.8 Å². The average Bonchev–Trinajstić information content (AvgIpc) is 2.38. The molecular weight excluding hydrogens is 287 g/mol. The van der Waals surface area contributed by atoms with E-state index in [-0.39, 0.29) is 18.7 Å². The van der Waals surface area contributed by atoms with Crippen LogP contribution in [0.1, 0.15) is 16.8 Å². The van der Waals surface area contributed by atoms with E-state index in [0.717, 1.165) is 12.1 Å². The van der Waals surface area contributed by atoms with Crippen LogP contribution in [0.4, 0.5) is 14.9 Å². The van der Waals surface area contributed by atoms with Crippen LogP contribution in [0.5, 0.6) is 0 Å². The molecule has 1 aliphatic heterocycles. The molecule has 2 rings (SSSR count). The molecule has 20 heavy (non-hydrogen) atoms. The van der Waals surface area contributed by atoms with Gasteiger partial charge in [0.05, 0.1) is 11.3 Å². The minimum atomic E-state index is -1.41. The summed E-state index contributed by atoms with van der Waals surface area (Å²) in [6, 6.07) is 1.55. The number of benzene rings is 1. The lowest BCUT2D eigenvalue weighted by Crippen LogP contribution is -2.49. The summed E-state index contributed by atoms with van der Waals surface area (Å²) < 4.78 is 13.6. The summed E-state index contributed by atoms with van der Waals surface area (Å²) in [6.07, 6.45) is 1.80. The second kappa shape index (κ2) is 5.49. The Morgan fingerprint density at radius 1 is 1.45 bits per heavy atom. The molecule has 106 valence electrons. The van der Waals surface area contributed by atoms with Crippen LogP contribution in [0.25, 0.3) is 0 Å². The zero-order valence-electron chi connectivity index (χ0n) is 10.5. The van der Waals surface area contributed by atoms with Gasteiger partial charge >= 0.3 is 12.0 Å². The molecule has 3 amide bonds. The maximum atomic E-state index is 13.6. The van der Waals surface area contributed by atoms with Gasteiger partial charge in [-0.1, -0.05) is 0 Å². The Bertz CT molecular complexity index is 605. The third-order valence-corrected chi connectivity index (χ3v) is 3.61. The molecular formula is C12H11FN2O4S. The normalized spacial score (nSPS) is 15.2. The third-order valence-electron chi connectivity index (χ3n) is 2.84. The number of urea groups is 1. The summed E-state index contributed by atoms with van der Waals surface area (Å²) in [5, 5.41) is 11.1. The molecule has 0 aromatic heterocycles. The zero-order valence-corrected chi connectivity index (χ0v) is 11.3. The summed E-state index contributed by atoms with van der Waals surface area (Å²) in [5.74, 6) is -2.67. The van der Waals surface area contributed by atoms with Gasteiger partial charge in [-0.25, -0.2) is 14.0 Å². The predicted octanol–water partition coefficient (Wildman–Crippen LogP) is 1.69. The second-order valence-corrected chi connectivity index (χ2v) is 4.91. The summed E-state index contributed by atoms with van der Waals surface area (Å²) >= 11 is 1.19. The molecule has 0 spiro atoms. The summed E-state index contributed by atoms with van der Waals surface area (Å²) in [6.45, 7) is 0.128. The van der Waals surface area contributed by atoms with Gasteiger partial charge in [-0.2, -0.15) is 0 Å². The van der Waals surface area contributed by atoms with E-state index in [1.165, 1.54) is 16.7 Å². The second-order valence-electron chi connectivity index (χ2n) is 4.06. The molecule has 0 bridgehead atoms. The highest BCUT2D eigenvalue weighted by Gasteiger charge is 2.27. The van der Waals surface area contributed by atoms with Gasteiger partial charge in [0, 0.05) is 17.9 Å². The van der Waals surface area contributed by atoms with Gasteiger partial charge in [-0.05, 0) is 18.4 Å². The Hall–Kier alpha value is -2.09. The van der Waals surface area contributed by atoms with Gasteiger partial charge in [-0.3, -0.25) is 15.0 Å². The molecule has 2 N–H and O–H groups in total. The van der Waals surface area contributed by atoms with Crippen molar-refractivity contribution < 1.29 is 23.9 Å². The number of hydrogen-bond donors (Lipinski definition) is 2. The molecule has 8 heteroatoms. The van der Waals surface area contributed by atoms with Gasteiger partial charge in [0.2, 0.25) is 5.91 Å². The fourth-order valence-corrected chi connectivity index (χ4v) is 2.48. The molecule has 0 saturated carbocycles. The molecule has 0 atom stereocenters. The molecule has 1 saturated heterocycles. The number of nitrogens with zero attached hydrogens (tertiary/aromatic N) is 1. The fourth-order valence-electron chi connectivity index (χ4n) is 1.88. The largest absolute Gasteiger partial charge is 0.478 e. The first kappa shape index (κ1) is 14.3. The smallest absolute Gasteiger partial charge is 0.338 e. The van der Waals surface area contributed by atoms with Crippen LogP contribution >= 0.6 is 11.8 Å². The Kier molecular flexibility index (Phi) is 3.93. The first-order chi connectivity index (χ1) is 9.43. The van der Waals surface area contributed by atoms with Crippen molar-refractivity contribution in [3.05, 3.63) is 23.5 Å². The van der Waals surface area contributed by atoms with Gasteiger partial charge in [0.1, 0.15) is 5.82 Å². The number of hydrogen-bond acceptors (Lipinski definition) is 4. The van der Waals surface area contributed by atoms with E-state index < -0.39 is 29.3 Å². The number of carboxylic acid groups (broad SMARTS) is 1. The highest BCUT2D eigenvalue weighted by molar-refractivity contribution is 7.98. The Morgan fingerprint density at radius 2 is 2.15 bits per heavy atom. The number of aromatic carboxylic acids is 1. The predicted molar refractivity (Wildman–Crippen MR) is 70.6 cm³/mol. The number of thioether (sulfide) groups is 1. The maximum Gasteiger partial charge on any atom is 0.338 e. The van der Waals surface area contributed by atoms with Crippen LogP contribution in [-0.4, -0.2) is 35.8 Å². The van der Waals surface area contributed by atoms with Crippen molar-refractivity contribution in [2.75, 3.05) is 17.7 Å². The highest BCUT2D eigenvalue weighted by Crippen LogP contribution is 2.32. The summed E-state index contributed by atoms with van der Waals surface area (Å²) in [7, 11) is 0. The SMILES string of the molecule is CSc1cc(F)c(C(=O)O)cc1N1CCC(=O)NC1=O. The van der Waals surface area contributed by atoms with Crippen molar-refractivity contribution in [2.24, 2.45) is 0 Å². The molecule has 1 aromatic carbocycles. The number of halogens is 1. The van der Waals surface area contributed by atoms with Crippen molar-refractivity contribution in [2.45, 2.75) is 11.3 Å². The van der Waals surface area contributed by atoms with Crippen LogP contribution in [-0.2, 0) is 4.79 Å². The van der Waals surface area contributed by atoms with Gasteiger partial charge < -0.3 is 5.11 Å². The number of carbonyl (C=O) groups is 3. The van der Waals surface area contributed by atoms with E-state index in [4.69, 9.17) is 5.11 Å². The van der Waals surface area contributed by atoms with E-state index in [9.17, 15) is 18.8 Å². The van der Waals surface area contributed by atoms with Crippen LogP contribution in [0.2, 0.25) is 0 Å². The molecule has 0 radical (unpaired) electrons. The van der Waals surface area contributed by atoms with Crippen LogP contribution < -0.4 is 10.2 Å². The molecule has 1 heterocycles. The minimum Gasteiger partial charge on any atom is -0.478 e. The first-order valence-electron chi connectivity index (χ1n) is 5.66. The lowest BCUT2D eigenvalue weighted by atomic mass is 10.1. The van der Waals surface area contributed by atoms with Gasteiger partial charge in [0.15, 0.2) is 0 Å². The number of nitrogens with one attached hydrogen (secondary N) is 1. The molecule has 1 fully saturated rings. The minimum absolute atomic E-state index is 0.110. The lowest BCUT2D eigenvalue weighted by molar-refractivity contribution is -0.120. The molecule has 0 unspecified atom stereocenters. The van der Waals surface area contributed by atoms with Crippen molar-refractivity contribution in [3.63, 3.8) is 0 Å². The van der Waals surface area contributed by atoms with E-state index in [0.29, 0.717) is 4.90 Å². The third kappa shape index (κ3) is 2.60. The van der Waals surface area contributed by atoms with E-state index >= 15 is 0 Å². The molecule has 6 nitrogen and oxygen atoms in total. The monoisotopic (exact) mass is 298 g/mol. The quantitative estimate of drug-likeness (QED) is 0.829. The Labute approximate surface area is 117 Å². The number of carbonyl (C=O) groups excluding carboxylic acids is 2. The fraction of sp³-hybridized carbons (Fsp3) is 0.250. The van der Waals surface area contributed by atoms with Crippen LogP contribution in [0.3, 0.4) is 0 Å². The van der Waals surface area contributed by atoms with Crippen LogP contribution in [0, 0.1) is 5.82 Å². The summed E-state index contributed by atoms with van der Waals surface area (Å²) in [4.78, 5) is 35.5. The number of anilines is 1. The number of amides is 3. The van der Waals surface area contributed by atoms with Crippen LogP contribution in [0.15, 0.2) is 17.0 Å². The summed E-state index contributed by atoms with van der Waals surface area (Å²) in [5.41, 5.74) is -0.233.